The average molecular weight is 300 g/mol. The number of amides is 1. The third-order valence-corrected chi connectivity index (χ3v) is 4.01. The Morgan fingerprint density at radius 3 is 2.55 bits per heavy atom. The smallest absolute Gasteiger partial charge is 0.271 e. The summed E-state index contributed by atoms with van der Waals surface area (Å²) in [6.07, 6.45) is 1.09. The van der Waals surface area contributed by atoms with Crippen molar-refractivity contribution in [3.05, 3.63) is 53.9 Å². The third-order valence-electron chi connectivity index (χ3n) is 4.01. The second-order valence-corrected chi connectivity index (χ2v) is 5.49. The molecule has 2 heterocycles. The van der Waals surface area contributed by atoms with E-state index < -0.39 is 6.10 Å². The lowest BCUT2D eigenvalue weighted by molar-refractivity contribution is 0.0523. The van der Waals surface area contributed by atoms with Crippen LogP contribution in [0, 0.1) is 0 Å². The Hall–Kier alpha value is -2.18. The first-order valence-electron chi connectivity index (χ1n) is 7.48. The highest BCUT2D eigenvalue weighted by Crippen LogP contribution is 2.15. The zero-order chi connectivity index (χ0) is 15.4. The zero-order valence-corrected chi connectivity index (χ0v) is 12.4. The minimum absolute atomic E-state index is 0.0132. The summed E-state index contributed by atoms with van der Waals surface area (Å²) in [5.41, 5.74) is 1.45. The molecule has 6 heteroatoms. The molecule has 1 unspecified atom stereocenters. The van der Waals surface area contributed by atoms with E-state index in [0.29, 0.717) is 25.3 Å². The summed E-state index contributed by atoms with van der Waals surface area (Å²) >= 11 is 0. The first-order chi connectivity index (χ1) is 10.7. The number of β-amino-alcohol motifs (C(OH)–C–C–N with tert-alkyl or cyclic N) is 1. The normalized spacial score (nSPS) is 17.4. The van der Waals surface area contributed by atoms with E-state index in [1.54, 1.807) is 12.3 Å². The molecule has 1 saturated heterocycles. The van der Waals surface area contributed by atoms with Crippen molar-refractivity contribution in [2.45, 2.75) is 6.10 Å². The molecule has 0 spiro atoms. The van der Waals surface area contributed by atoms with Crippen LogP contribution in [0.25, 0.3) is 0 Å². The van der Waals surface area contributed by atoms with Crippen molar-refractivity contribution in [3.8, 4) is 0 Å². The molecule has 3 rings (SSSR count). The van der Waals surface area contributed by atoms with Gasteiger partial charge in [-0.2, -0.15) is 5.10 Å². The van der Waals surface area contributed by atoms with E-state index in [4.69, 9.17) is 0 Å². The number of piperazine rings is 1. The summed E-state index contributed by atoms with van der Waals surface area (Å²) in [5.74, 6) is -0.0132. The van der Waals surface area contributed by atoms with Gasteiger partial charge in [-0.25, -0.2) is 0 Å². The van der Waals surface area contributed by atoms with Crippen molar-refractivity contribution >= 4 is 5.91 Å². The van der Waals surface area contributed by atoms with Crippen LogP contribution in [-0.4, -0.2) is 63.7 Å². The second kappa shape index (κ2) is 6.72. The van der Waals surface area contributed by atoms with E-state index in [2.05, 4.69) is 15.1 Å². The van der Waals surface area contributed by atoms with Crippen molar-refractivity contribution in [2.75, 3.05) is 32.7 Å². The van der Waals surface area contributed by atoms with E-state index in [1.165, 1.54) is 0 Å². The first kappa shape index (κ1) is 14.7. The molecule has 2 aromatic rings. The number of nitrogens with zero attached hydrogens (tertiary/aromatic N) is 3. The van der Waals surface area contributed by atoms with Crippen LogP contribution >= 0.6 is 0 Å². The van der Waals surface area contributed by atoms with Crippen LogP contribution in [-0.2, 0) is 0 Å². The maximum absolute atomic E-state index is 12.2. The summed E-state index contributed by atoms with van der Waals surface area (Å²) < 4.78 is 0. The zero-order valence-electron chi connectivity index (χ0n) is 12.4. The number of rotatable bonds is 4. The van der Waals surface area contributed by atoms with Gasteiger partial charge in [-0.05, 0) is 11.6 Å². The molecular formula is C16H20N4O2. The summed E-state index contributed by atoms with van der Waals surface area (Å²) in [6, 6.07) is 11.4. The van der Waals surface area contributed by atoms with Gasteiger partial charge in [0.1, 0.15) is 5.69 Å². The van der Waals surface area contributed by atoms with Gasteiger partial charge in [0, 0.05) is 38.9 Å². The van der Waals surface area contributed by atoms with E-state index in [1.807, 2.05) is 35.2 Å². The third kappa shape index (κ3) is 3.35. The van der Waals surface area contributed by atoms with Gasteiger partial charge in [-0.1, -0.05) is 30.3 Å². The maximum atomic E-state index is 12.2. The number of benzene rings is 1. The molecule has 1 amide bonds. The Kier molecular flexibility index (Phi) is 4.50. The number of carbonyl (C=O) groups is 1. The van der Waals surface area contributed by atoms with Gasteiger partial charge in [-0.3, -0.25) is 14.8 Å². The van der Waals surface area contributed by atoms with Crippen LogP contribution in [0.15, 0.2) is 42.6 Å². The number of carbonyl (C=O) groups excluding carboxylic acids is 1. The van der Waals surface area contributed by atoms with Gasteiger partial charge in [0.2, 0.25) is 0 Å². The molecule has 2 N–H and O–H groups in total. The maximum Gasteiger partial charge on any atom is 0.271 e. The molecule has 0 radical (unpaired) electrons. The van der Waals surface area contributed by atoms with Gasteiger partial charge in [0.05, 0.1) is 6.10 Å². The number of aromatic nitrogens is 2. The van der Waals surface area contributed by atoms with Crippen LogP contribution in [0.4, 0.5) is 0 Å². The van der Waals surface area contributed by atoms with Crippen LogP contribution < -0.4 is 0 Å². The lowest BCUT2D eigenvalue weighted by Crippen LogP contribution is -2.49. The fourth-order valence-corrected chi connectivity index (χ4v) is 2.70. The van der Waals surface area contributed by atoms with E-state index in [9.17, 15) is 9.90 Å². The van der Waals surface area contributed by atoms with Crippen molar-refractivity contribution in [1.82, 2.24) is 20.0 Å². The quantitative estimate of drug-likeness (QED) is 0.880. The Morgan fingerprint density at radius 1 is 1.18 bits per heavy atom. The Labute approximate surface area is 129 Å². The monoisotopic (exact) mass is 300 g/mol. The van der Waals surface area contributed by atoms with Crippen LogP contribution in [0.2, 0.25) is 0 Å². The largest absolute Gasteiger partial charge is 0.387 e. The number of hydrogen-bond donors (Lipinski definition) is 2. The SMILES string of the molecule is O=C(c1ccn[nH]1)N1CCN(CC(O)c2ccccc2)CC1. The Balaban J connectivity index is 1.51. The van der Waals surface area contributed by atoms with Crippen molar-refractivity contribution in [3.63, 3.8) is 0 Å². The molecule has 1 aromatic carbocycles. The summed E-state index contributed by atoms with van der Waals surface area (Å²) in [4.78, 5) is 16.2. The molecule has 1 aliphatic rings. The lowest BCUT2D eigenvalue weighted by atomic mass is 10.1. The van der Waals surface area contributed by atoms with E-state index in [-0.39, 0.29) is 5.91 Å². The highest BCUT2D eigenvalue weighted by Gasteiger charge is 2.24. The molecular weight excluding hydrogens is 280 g/mol. The Bertz CT molecular complexity index is 592. The van der Waals surface area contributed by atoms with Gasteiger partial charge in [0.25, 0.3) is 5.91 Å². The van der Waals surface area contributed by atoms with Crippen molar-refractivity contribution < 1.29 is 9.90 Å². The molecule has 1 aromatic heterocycles. The van der Waals surface area contributed by atoms with Crippen LogP contribution in [0.1, 0.15) is 22.2 Å². The standard InChI is InChI=1S/C16H20N4O2/c21-15(13-4-2-1-3-5-13)12-19-8-10-20(11-9-19)16(22)14-6-7-17-18-14/h1-7,15,21H,8-12H2,(H,17,18). The van der Waals surface area contributed by atoms with Gasteiger partial charge in [0.15, 0.2) is 0 Å². The molecule has 1 fully saturated rings. The summed E-state index contributed by atoms with van der Waals surface area (Å²) in [6.45, 7) is 3.46. The van der Waals surface area contributed by atoms with E-state index >= 15 is 0 Å². The minimum atomic E-state index is -0.490. The van der Waals surface area contributed by atoms with E-state index in [0.717, 1.165) is 18.7 Å². The predicted molar refractivity (Wildman–Crippen MR) is 82.3 cm³/mol. The molecule has 1 atom stereocenters. The Morgan fingerprint density at radius 2 is 1.91 bits per heavy atom. The number of nitrogens with one attached hydrogen (secondary N) is 1. The fraction of sp³-hybridized carbons (Fsp3) is 0.375. The molecule has 22 heavy (non-hydrogen) atoms. The van der Waals surface area contributed by atoms with Crippen molar-refractivity contribution in [2.24, 2.45) is 0 Å². The molecule has 1 aliphatic heterocycles. The molecule has 0 bridgehead atoms. The summed E-state index contributed by atoms with van der Waals surface area (Å²) in [5, 5.41) is 16.8. The van der Waals surface area contributed by atoms with Crippen molar-refractivity contribution in [1.29, 1.82) is 0 Å². The molecule has 0 aliphatic carbocycles. The topological polar surface area (TPSA) is 72.5 Å². The number of aromatic amines is 1. The minimum Gasteiger partial charge on any atom is -0.387 e. The number of H-pyrrole nitrogens is 1. The second-order valence-electron chi connectivity index (χ2n) is 5.49. The number of aliphatic hydroxyl groups excluding tert-OH is 1. The van der Waals surface area contributed by atoms with Gasteiger partial charge in [-0.15, -0.1) is 0 Å². The fourth-order valence-electron chi connectivity index (χ4n) is 2.70. The summed E-state index contributed by atoms with van der Waals surface area (Å²) in [7, 11) is 0. The highest BCUT2D eigenvalue weighted by atomic mass is 16.3. The van der Waals surface area contributed by atoms with Gasteiger partial charge < -0.3 is 10.0 Å². The van der Waals surface area contributed by atoms with Gasteiger partial charge >= 0.3 is 0 Å². The van der Waals surface area contributed by atoms with Crippen LogP contribution in [0.5, 0.6) is 0 Å². The molecule has 6 nitrogen and oxygen atoms in total. The number of hydrogen-bond acceptors (Lipinski definition) is 4. The average Bonchev–Trinajstić information content (AvgIpc) is 3.10. The molecule has 116 valence electrons. The van der Waals surface area contributed by atoms with Crippen LogP contribution in [0.3, 0.4) is 0 Å². The number of aliphatic hydroxyl groups is 1. The first-order valence-corrected chi connectivity index (χ1v) is 7.48. The predicted octanol–water partition coefficient (Wildman–Crippen LogP) is 0.901. The molecule has 0 saturated carbocycles. The lowest BCUT2D eigenvalue weighted by Gasteiger charge is -2.35. The highest BCUT2D eigenvalue weighted by molar-refractivity contribution is 5.92.